The van der Waals surface area contributed by atoms with Gasteiger partial charge in [0.2, 0.25) is 5.91 Å². The second-order valence-electron chi connectivity index (χ2n) is 7.94. The molecule has 3 aromatic rings. The molecular weight excluding hydrogens is 396 g/mol. The van der Waals surface area contributed by atoms with E-state index in [0.29, 0.717) is 24.4 Å². The second-order valence-corrected chi connectivity index (χ2v) is 8.88. The summed E-state index contributed by atoms with van der Waals surface area (Å²) in [6.07, 6.45) is 3.36. The molecule has 1 aliphatic rings. The molecule has 0 spiro atoms. The van der Waals surface area contributed by atoms with Crippen LogP contribution in [0.2, 0.25) is 0 Å². The number of hydrogen-bond donors (Lipinski definition) is 0. The van der Waals surface area contributed by atoms with Crippen molar-refractivity contribution in [1.82, 2.24) is 19.7 Å². The number of carbonyl (C=O) groups excluding carboxylic acids is 1. The fraction of sp³-hybridized carbons (Fsp3) is 0.435. The van der Waals surface area contributed by atoms with E-state index in [1.807, 2.05) is 40.8 Å². The van der Waals surface area contributed by atoms with Crippen molar-refractivity contribution in [2.45, 2.75) is 57.0 Å². The molecule has 4 rings (SSSR count). The number of likely N-dealkylation sites (tertiary alicyclic amines) is 1. The third-order valence-corrected chi connectivity index (χ3v) is 6.84. The average molecular weight is 425 g/mol. The number of rotatable bonds is 6. The van der Waals surface area contributed by atoms with Gasteiger partial charge < -0.3 is 14.2 Å². The molecule has 158 valence electrons. The molecule has 1 fully saturated rings. The van der Waals surface area contributed by atoms with E-state index < -0.39 is 0 Å². The fourth-order valence-electron chi connectivity index (χ4n) is 4.17. The van der Waals surface area contributed by atoms with Crippen molar-refractivity contribution in [2.24, 2.45) is 7.05 Å². The van der Waals surface area contributed by atoms with Crippen molar-refractivity contribution >= 4 is 28.4 Å². The number of hydrogen-bond acceptors (Lipinski definition) is 5. The highest BCUT2D eigenvalue weighted by Gasteiger charge is 2.29. The Bertz CT molecular complexity index is 1020. The van der Waals surface area contributed by atoms with E-state index in [-0.39, 0.29) is 5.91 Å². The van der Waals surface area contributed by atoms with Crippen molar-refractivity contribution in [3.05, 3.63) is 48.3 Å². The van der Waals surface area contributed by atoms with Gasteiger partial charge in [0.15, 0.2) is 11.0 Å². The molecule has 30 heavy (non-hydrogen) atoms. The Balaban J connectivity index is 1.38. The van der Waals surface area contributed by atoms with Crippen LogP contribution in [0.3, 0.4) is 0 Å². The topological polar surface area (TPSA) is 60.3 Å². The highest BCUT2D eigenvalue weighted by Crippen LogP contribution is 2.27. The Morgan fingerprint density at radius 2 is 1.83 bits per heavy atom. The number of amides is 1. The van der Waals surface area contributed by atoms with E-state index in [9.17, 15) is 4.79 Å². The Kier molecular flexibility index (Phi) is 6.27. The summed E-state index contributed by atoms with van der Waals surface area (Å²) in [4.78, 5) is 14.8. The zero-order valence-electron chi connectivity index (χ0n) is 17.7. The standard InChI is InChI=1S/C23H28N4O2S/c1-16-8-6-9-17(2)27(16)22(28)15-30-23-25-24-21(26(23)3)14-29-20-13-7-11-18-10-4-5-12-19(18)20/h4-5,7,10-13,16-17H,6,8-9,14-15H2,1-3H3/t16-,17+. The predicted octanol–water partition coefficient (Wildman–Crippen LogP) is 4.43. The minimum atomic E-state index is 0.177. The molecule has 1 aromatic heterocycles. The predicted molar refractivity (Wildman–Crippen MR) is 120 cm³/mol. The van der Waals surface area contributed by atoms with Gasteiger partial charge in [-0.2, -0.15) is 0 Å². The van der Waals surface area contributed by atoms with Crippen molar-refractivity contribution in [1.29, 1.82) is 0 Å². The van der Waals surface area contributed by atoms with Crippen molar-refractivity contribution in [3.8, 4) is 5.75 Å². The van der Waals surface area contributed by atoms with Gasteiger partial charge >= 0.3 is 0 Å². The summed E-state index contributed by atoms with van der Waals surface area (Å²) in [6.45, 7) is 4.61. The smallest absolute Gasteiger partial charge is 0.233 e. The molecule has 1 aliphatic heterocycles. The van der Waals surface area contributed by atoms with Crippen LogP contribution < -0.4 is 4.74 Å². The molecule has 6 nitrogen and oxygen atoms in total. The maximum absolute atomic E-state index is 12.8. The lowest BCUT2D eigenvalue weighted by atomic mass is 9.98. The third-order valence-electron chi connectivity index (χ3n) is 5.84. The highest BCUT2D eigenvalue weighted by molar-refractivity contribution is 7.99. The summed E-state index contributed by atoms with van der Waals surface area (Å²) in [5.74, 6) is 2.12. The molecule has 2 atom stereocenters. The number of ether oxygens (including phenoxy) is 1. The minimum Gasteiger partial charge on any atom is -0.485 e. The monoisotopic (exact) mass is 424 g/mol. The van der Waals surface area contributed by atoms with Crippen LogP contribution in [0.1, 0.15) is 38.9 Å². The van der Waals surface area contributed by atoms with Gasteiger partial charge in [-0.1, -0.05) is 48.2 Å². The van der Waals surface area contributed by atoms with E-state index in [0.717, 1.165) is 40.3 Å². The maximum Gasteiger partial charge on any atom is 0.233 e. The van der Waals surface area contributed by atoms with Gasteiger partial charge in [-0.15, -0.1) is 10.2 Å². The SMILES string of the molecule is C[C@@H]1CCC[C@H](C)N1C(=O)CSc1nnc(COc2cccc3ccccc23)n1C. The molecule has 0 aliphatic carbocycles. The molecule has 1 saturated heterocycles. The number of nitrogens with zero attached hydrogens (tertiary/aromatic N) is 4. The summed E-state index contributed by atoms with van der Waals surface area (Å²) >= 11 is 1.44. The molecule has 0 bridgehead atoms. The molecule has 0 saturated carbocycles. The first kappa shape index (κ1) is 20.7. The van der Waals surface area contributed by atoms with Gasteiger partial charge in [-0.3, -0.25) is 4.79 Å². The lowest BCUT2D eigenvalue weighted by molar-refractivity contribution is -0.134. The first-order valence-electron chi connectivity index (χ1n) is 10.5. The first-order chi connectivity index (χ1) is 14.5. The Hall–Kier alpha value is -2.54. The van der Waals surface area contributed by atoms with Crippen LogP contribution in [0, 0.1) is 0 Å². The molecule has 7 heteroatoms. The van der Waals surface area contributed by atoms with Crippen molar-refractivity contribution < 1.29 is 9.53 Å². The molecule has 1 amide bonds. The summed E-state index contributed by atoms with van der Waals surface area (Å²) < 4.78 is 7.95. The quantitative estimate of drug-likeness (QED) is 0.548. The largest absolute Gasteiger partial charge is 0.485 e. The number of aromatic nitrogens is 3. The van der Waals surface area contributed by atoms with Crippen LogP contribution in [0.4, 0.5) is 0 Å². The lowest BCUT2D eigenvalue weighted by Crippen LogP contribution is -2.48. The zero-order chi connectivity index (χ0) is 21.1. The number of thioether (sulfide) groups is 1. The van der Waals surface area contributed by atoms with Crippen LogP contribution in [0.25, 0.3) is 10.8 Å². The van der Waals surface area contributed by atoms with Crippen LogP contribution in [-0.4, -0.2) is 43.4 Å². The van der Waals surface area contributed by atoms with Crippen LogP contribution >= 0.6 is 11.8 Å². The second kappa shape index (κ2) is 9.08. The molecule has 0 N–H and O–H groups in total. The Labute approximate surface area is 181 Å². The normalized spacial score (nSPS) is 19.2. The fourth-order valence-corrected chi connectivity index (χ4v) is 4.97. The van der Waals surface area contributed by atoms with Crippen LogP contribution in [0.5, 0.6) is 5.75 Å². The highest BCUT2D eigenvalue weighted by atomic mass is 32.2. The number of fused-ring (bicyclic) bond motifs is 1. The third kappa shape index (κ3) is 4.31. The van der Waals surface area contributed by atoms with Gasteiger partial charge in [0.1, 0.15) is 12.4 Å². The van der Waals surface area contributed by atoms with Crippen LogP contribution in [-0.2, 0) is 18.4 Å². The maximum atomic E-state index is 12.8. The lowest BCUT2D eigenvalue weighted by Gasteiger charge is -2.39. The van der Waals surface area contributed by atoms with Crippen LogP contribution in [0.15, 0.2) is 47.6 Å². The molecule has 0 radical (unpaired) electrons. The van der Waals surface area contributed by atoms with Gasteiger partial charge in [0.05, 0.1) is 5.75 Å². The van der Waals surface area contributed by atoms with Crippen molar-refractivity contribution in [3.63, 3.8) is 0 Å². The van der Waals surface area contributed by atoms with E-state index in [4.69, 9.17) is 4.74 Å². The number of carbonyl (C=O) groups is 1. The molecular formula is C23H28N4O2S. The van der Waals surface area contributed by atoms with Gasteiger partial charge in [0, 0.05) is 24.5 Å². The van der Waals surface area contributed by atoms with E-state index in [1.165, 1.54) is 18.2 Å². The summed E-state index contributed by atoms with van der Waals surface area (Å²) in [6, 6.07) is 14.8. The number of benzene rings is 2. The van der Waals surface area contributed by atoms with Gasteiger partial charge in [-0.05, 0) is 44.6 Å². The Morgan fingerprint density at radius 3 is 2.63 bits per heavy atom. The minimum absolute atomic E-state index is 0.177. The van der Waals surface area contributed by atoms with Gasteiger partial charge in [-0.25, -0.2) is 0 Å². The van der Waals surface area contributed by atoms with Gasteiger partial charge in [0.25, 0.3) is 0 Å². The molecule has 2 aromatic carbocycles. The summed E-state index contributed by atoms with van der Waals surface area (Å²) in [5, 5.41) is 11.5. The first-order valence-corrected chi connectivity index (χ1v) is 11.5. The average Bonchev–Trinajstić information content (AvgIpc) is 3.10. The molecule has 2 heterocycles. The number of piperidine rings is 1. The Morgan fingerprint density at radius 1 is 1.10 bits per heavy atom. The van der Waals surface area contributed by atoms with E-state index >= 15 is 0 Å². The van der Waals surface area contributed by atoms with Crippen molar-refractivity contribution in [2.75, 3.05) is 5.75 Å². The summed E-state index contributed by atoms with van der Waals surface area (Å²) in [5.41, 5.74) is 0. The van der Waals surface area contributed by atoms with E-state index in [2.05, 4.69) is 42.2 Å². The molecule has 0 unspecified atom stereocenters. The zero-order valence-corrected chi connectivity index (χ0v) is 18.6. The van der Waals surface area contributed by atoms with E-state index in [1.54, 1.807) is 0 Å². The summed E-state index contributed by atoms with van der Waals surface area (Å²) in [7, 11) is 1.92.